The van der Waals surface area contributed by atoms with Crippen LogP contribution in [-0.4, -0.2) is 9.13 Å². The molecule has 0 N–H and O–H groups in total. The van der Waals surface area contributed by atoms with Crippen LogP contribution < -0.4 is 0 Å². The molecule has 0 bridgehead atoms. The van der Waals surface area contributed by atoms with E-state index in [1.165, 1.54) is 0 Å². The van der Waals surface area contributed by atoms with E-state index in [4.69, 9.17) is 17.6 Å². The van der Waals surface area contributed by atoms with E-state index in [-0.39, 0.29) is 0 Å². The molecule has 0 atom stereocenters. The van der Waals surface area contributed by atoms with Gasteiger partial charge in [-0.3, -0.25) is 0 Å². The van der Waals surface area contributed by atoms with E-state index in [1.54, 1.807) is 6.07 Å². The molecular formula is C45H23N5O. The zero-order valence-electron chi connectivity index (χ0n) is 26.9. The van der Waals surface area contributed by atoms with Crippen LogP contribution in [0, 0.1) is 24.5 Å². The molecule has 234 valence electrons. The normalized spacial score (nSPS) is 11.5. The molecule has 0 aliphatic heterocycles. The Morgan fingerprint density at radius 3 is 1.76 bits per heavy atom. The maximum absolute atomic E-state index is 10.5. The van der Waals surface area contributed by atoms with Crippen molar-refractivity contribution >= 4 is 76.9 Å². The predicted octanol–water partition coefficient (Wildman–Crippen LogP) is 12.4. The first-order valence-electron chi connectivity index (χ1n) is 16.5. The Morgan fingerprint density at radius 1 is 0.490 bits per heavy atom. The van der Waals surface area contributed by atoms with Gasteiger partial charge in [0.15, 0.2) is 5.69 Å². The summed E-state index contributed by atoms with van der Waals surface area (Å²) in [4.78, 5) is 7.82. The Kier molecular flexibility index (Phi) is 5.97. The Balaban J connectivity index is 1.26. The number of rotatable bonds is 3. The summed E-state index contributed by atoms with van der Waals surface area (Å²) in [6, 6.07) is 48.6. The summed E-state index contributed by atoms with van der Waals surface area (Å²) in [5.41, 5.74) is 9.36. The van der Waals surface area contributed by atoms with Crippen molar-refractivity contribution in [1.29, 1.82) is 5.26 Å². The molecule has 6 nitrogen and oxygen atoms in total. The van der Waals surface area contributed by atoms with Crippen LogP contribution in [0.5, 0.6) is 0 Å². The third-order valence-corrected chi connectivity index (χ3v) is 10.00. The lowest BCUT2D eigenvalue weighted by Gasteiger charge is -2.16. The van der Waals surface area contributed by atoms with Gasteiger partial charge >= 0.3 is 0 Å². The molecule has 0 spiro atoms. The lowest BCUT2D eigenvalue weighted by Crippen LogP contribution is -1.98. The summed E-state index contributed by atoms with van der Waals surface area (Å²) in [5, 5.41) is 16.9. The van der Waals surface area contributed by atoms with Gasteiger partial charge in [-0.2, -0.15) is 5.26 Å². The third-order valence-electron chi connectivity index (χ3n) is 10.00. The van der Waals surface area contributed by atoms with E-state index in [1.807, 2.05) is 91.0 Å². The molecule has 0 radical (unpaired) electrons. The fourth-order valence-electron chi connectivity index (χ4n) is 7.78. The first kappa shape index (κ1) is 28.4. The van der Waals surface area contributed by atoms with Crippen molar-refractivity contribution in [1.82, 2.24) is 9.13 Å². The highest BCUT2D eigenvalue weighted by Gasteiger charge is 2.21. The quantitative estimate of drug-likeness (QED) is 0.179. The highest BCUT2D eigenvalue weighted by Crippen LogP contribution is 2.43. The molecule has 0 aliphatic carbocycles. The van der Waals surface area contributed by atoms with Gasteiger partial charge in [-0.15, -0.1) is 0 Å². The van der Waals surface area contributed by atoms with Crippen molar-refractivity contribution in [2.24, 2.45) is 0 Å². The molecule has 10 aromatic rings. The van der Waals surface area contributed by atoms with Crippen LogP contribution in [0.2, 0.25) is 0 Å². The largest absolute Gasteiger partial charge is 0.456 e. The van der Waals surface area contributed by atoms with Gasteiger partial charge in [0.25, 0.3) is 0 Å². The number of furan rings is 1. The molecule has 0 aliphatic rings. The average Bonchev–Trinajstić information content (AvgIpc) is 3.83. The van der Waals surface area contributed by atoms with Gasteiger partial charge in [0.2, 0.25) is 5.69 Å². The highest BCUT2D eigenvalue weighted by molar-refractivity contribution is 6.17. The van der Waals surface area contributed by atoms with E-state index < -0.39 is 0 Å². The number of nitriles is 1. The number of benzene rings is 7. The second-order valence-corrected chi connectivity index (χ2v) is 12.6. The van der Waals surface area contributed by atoms with Gasteiger partial charge in [-0.25, -0.2) is 9.69 Å². The summed E-state index contributed by atoms with van der Waals surface area (Å²) < 4.78 is 10.6. The standard InChI is InChI=1S/C45H23N5O/c1-47-37-20-19-28(49-39-15-7-5-13-31(39)35-23-36-32-14-6-10-18-44(32)51-45(36)25-42(35)49)22-34(37)33-24-43(38(48-2)21-27(33)26-46)50-40-16-8-3-11-29(40)30-12-4-9-17-41(30)50/h3-25H. The molecule has 0 amide bonds. The molecule has 51 heavy (non-hydrogen) atoms. The molecular weight excluding hydrogens is 627 g/mol. The van der Waals surface area contributed by atoms with Gasteiger partial charge in [-0.05, 0) is 65.7 Å². The minimum Gasteiger partial charge on any atom is -0.456 e. The molecule has 10 rings (SSSR count). The monoisotopic (exact) mass is 649 g/mol. The molecule has 0 saturated heterocycles. The third kappa shape index (κ3) is 4.01. The zero-order valence-corrected chi connectivity index (χ0v) is 26.9. The van der Waals surface area contributed by atoms with Crippen LogP contribution in [0.15, 0.2) is 144 Å². The van der Waals surface area contributed by atoms with Crippen LogP contribution >= 0.6 is 0 Å². The maximum Gasteiger partial charge on any atom is 0.211 e. The minimum atomic E-state index is 0.332. The van der Waals surface area contributed by atoms with Gasteiger partial charge < -0.3 is 13.6 Å². The lowest BCUT2D eigenvalue weighted by molar-refractivity contribution is 0.669. The first-order chi connectivity index (χ1) is 25.2. The van der Waals surface area contributed by atoms with Crippen molar-refractivity contribution in [3.63, 3.8) is 0 Å². The van der Waals surface area contributed by atoms with Crippen molar-refractivity contribution in [2.75, 3.05) is 0 Å². The molecule has 6 heteroatoms. The zero-order chi connectivity index (χ0) is 34.2. The summed E-state index contributed by atoms with van der Waals surface area (Å²) in [5.74, 6) is 0. The lowest BCUT2D eigenvalue weighted by atomic mass is 9.96. The van der Waals surface area contributed by atoms with Crippen LogP contribution in [0.3, 0.4) is 0 Å². The van der Waals surface area contributed by atoms with E-state index in [0.717, 1.165) is 71.2 Å². The van der Waals surface area contributed by atoms with Crippen molar-refractivity contribution in [3.8, 4) is 28.6 Å². The summed E-state index contributed by atoms with van der Waals surface area (Å²) in [6.07, 6.45) is 0. The van der Waals surface area contributed by atoms with E-state index in [2.05, 4.69) is 67.4 Å². The number of nitrogens with zero attached hydrogens (tertiary/aromatic N) is 5. The molecule has 7 aromatic carbocycles. The second-order valence-electron chi connectivity index (χ2n) is 12.6. The van der Waals surface area contributed by atoms with E-state index in [9.17, 15) is 5.26 Å². The Labute approximate surface area is 291 Å². The van der Waals surface area contributed by atoms with E-state index in [0.29, 0.717) is 33.8 Å². The smallest absolute Gasteiger partial charge is 0.211 e. The van der Waals surface area contributed by atoms with Crippen LogP contribution in [-0.2, 0) is 0 Å². The van der Waals surface area contributed by atoms with Gasteiger partial charge in [-0.1, -0.05) is 78.9 Å². The number of hydrogen-bond acceptors (Lipinski definition) is 2. The van der Waals surface area contributed by atoms with Gasteiger partial charge in [0.05, 0.1) is 47.0 Å². The Hall–Kier alpha value is -7.59. The number of hydrogen-bond donors (Lipinski definition) is 0. The molecule has 0 unspecified atom stereocenters. The maximum atomic E-state index is 10.5. The van der Waals surface area contributed by atoms with Crippen LogP contribution in [0.1, 0.15) is 5.56 Å². The SMILES string of the molecule is [C-]#[N+]c1ccc(-n2c3ccccc3c3cc4c(cc32)oc2ccccc24)cc1-c1cc(-n2c3ccccc3c3ccccc32)c([N+]#[C-])cc1C#N. The van der Waals surface area contributed by atoms with Crippen molar-refractivity contribution in [3.05, 3.63) is 168 Å². The minimum absolute atomic E-state index is 0.332. The summed E-state index contributed by atoms with van der Waals surface area (Å²) in [6.45, 7) is 16.3. The van der Waals surface area contributed by atoms with Crippen molar-refractivity contribution in [2.45, 2.75) is 0 Å². The second kappa shape index (κ2) is 10.7. The molecule has 0 fully saturated rings. The van der Waals surface area contributed by atoms with Crippen LogP contribution in [0.4, 0.5) is 11.4 Å². The van der Waals surface area contributed by atoms with Gasteiger partial charge in [0, 0.05) is 49.6 Å². The highest BCUT2D eigenvalue weighted by atomic mass is 16.3. The summed E-state index contributed by atoms with van der Waals surface area (Å²) in [7, 11) is 0. The summed E-state index contributed by atoms with van der Waals surface area (Å²) >= 11 is 0. The van der Waals surface area contributed by atoms with Crippen molar-refractivity contribution < 1.29 is 4.42 Å². The average molecular weight is 650 g/mol. The van der Waals surface area contributed by atoms with Crippen LogP contribution in [0.25, 0.3) is 97.7 Å². The number of fused-ring (bicyclic) bond motifs is 9. The molecule has 0 saturated carbocycles. The van der Waals surface area contributed by atoms with E-state index >= 15 is 0 Å². The Morgan fingerprint density at radius 2 is 1.10 bits per heavy atom. The fourth-order valence-corrected chi connectivity index (χ4v) is 7.78. The molecule has 3 aromatic heterocycles. The Bertz CT molecular complexity index is 3190. The number of para-hydroxylation sites is 4. The first-order valence-corrected chi connectivity index (χ1v) is 16.5. The molecule has 3 heterocycles. The van der Waals surface area contributed by atoms with Gasteiger partial charge in [0.1, 0.15) is 11.2 Å². The fraction of sp³-hybridized carbons (Fsp3) is 0. The number of aromatic nitrogens is 2. The topological polar surface area (TPSA) is 55.5 Å². The predicted molar refractivity (Wildman–Crippen MR) is 205 cm³/mol.